The Morgan fingerprint density at radius 3 is 2.61 bits per heavy atom. The number of aliphatic hydroxyl groups is 3. The third-order valence-electron chi connectivity index (χ3n) is 6.80. The fourth-order valence-electron chi connectivity index (χ4n) is 5.04. The molecule has 0 aromatic heterocycles. The van der Waals surface area contributed by atoms with Gasteiger partial charge in [-0.05, 0) is 48.4 Å². The van der Waals surface area contributed by atoms with Gasteiger partial charge in [-0.1, -0.05) is 24.3 Å². The van der Waals surface area contributed by atoms with E-state index in [9.17, 15) is 25.2 Å². The second-order valence-corrected chi connectivity index (χ2v) is 8.99. The molecule has 0 unspecified atom stereocenters. The van der Waals surface area contributed by atoms with Crippen LogP contribution in [0.15, 0.2) is 42.5 Å². The minimum atomic E-state index is -1.75. The number of hydrogen-bond acceptors (Lipinski definition) is 8. The number of para-hydroxylation sites is 1. The second kappa shape index (κ2) is 8.58. The SMILES string of the molecule is CN1CCN2c3ccccc3Cc3cc(O[C@H]4O[C@H](C(=O)O)[C@@H](O)[C@H](O)[C@H]4O)ccc3[C@H]2C1. The van der Waals surface area contributed by atoms with Crippen LogP contribution in [0.4, 0.5) is 5.69 Å². The molecule has 0 radical (unpaired) electrons. The molecule has 0 aliphatic carbocycles. The van der Waals surface area contributed by atoms with E-state index in [1.807, 2.05) is 18.2 Å². The lowest BCUT2D eigenvalue weighted by atomic mass is 9.95. The van der Waals surface area contributed by atoms with Gasteiger partial charge >= 0.3 is 5.97 Å². The minimum Gasteiger partial charge on any atom is -0.479 e. The number of rotatable bonds is 3. The van der Waals surface area contributed by atoms with Crippen molar-refractivity contribution in [3.63, 3.8) is 0 Å². The summed E-state index contributed by atoms with van der Waals surface area (Å²) in [5.41, 5.74) is 4.70. The first-order chi connectivity index (χ1) is 15.8. The molecule has 2 aromatic carbocycles. The highest BCUT2D eigenvalue weighted by Gasteiger charge is 2.48. The van der Waals surface area contributed by atoms with Crippen molar-refractivity contribution in [1.29, 1.82) is 0 Å². The third kappa shape index (κ3) is 3.96. The van der Waals surface area contributed by atoms with Gasteiger partial charge in [-0.2, -0.15) is 0 Å². The zero-order valence-electron chi connectivity index (χ0n) is 18.2. The van der Waals surface area contributed by atoms with Crippen molar-refractivity contribution in [2.75, 3.05) is 31.6 Å². The Kier molecular flexibility index (Phi) is 5.75. The van der Waals surface area contributed by atoms with E-state index in [2.05, 4.69) is 35.0 Å². The molecule has 33 heavy (non-hydrogen) atoms. The first kappa shape index (κ1) is 22.1. The Balaban J connectivity index is 1.46. The van der Waals surface area contributed by atoms with Crippen LogP contribution in [0.25, 0.3) is 0 Å². The summed E-state index contributed by atoms with van der Waals surface area (Å²) in [6.07, 6.45) is -7.49. The number of aliphatic carboxylic acids is 1. The standard InChI is InChI=1S/C24H28N2O7/c1-25-8-9-26-17-5-3-2-4-13(17)10-14-11-15(6-7-16(14)18(26)12-25)32-24-21(29)19(27)20(28)22(33-24)23(30)31/h2-7,11,18-22,24,27-29H,8-10,12H2,1H3,(H,30,31)/t18-,19+,20+,21-,22+,24+/m1/s1. The lowest BCUT2D eigenvalue weighted by molar-refractivity contribution is -0.271. The predicted octanol–water partition coefficient (Wildman–Crippen LogP) is 0.355. The molecule has 3 aliphatic rings. The number of aliphatic hydroxyl groups excluding tert-OH is 3. The summed E-state index contributed by atoms with van der Waals surface area (Å²) in [4.78, 5) is 16.1. The number of carbonyl (C=O) groups is 1. The largest absolute Gasteiger partial charge is 0.479 e. The zero-order chi connectivity index (χ0) is 23.3. The molecule has 0 amide bonds. The summed E-state index contributed by atoms with van der Waals surface area (Å²) in [6.45, 7) is 2.79. The molecule has 2 aromatic rings. The zero-order valence-corrected chi connectivity index (χ0v) is 18.2. The molecule has 5 rings (SSSR count). The van der Waals surface area contributed by atoms with Crippen molar-refractivity contribution in [2.45, 2.75) is 43.2 Å². The Hall–Kier alpha value is -2.69. The van der Waals surface area contributed by atoms with Gasteiger partial charge in [-0.25, -0.2) is 4.79 Å². The summed E-state index contributed by atoms with van der Waals surface area (Å²) in [5, 5.41) is 39.5. The van der Waals surface area contributed by atoms with Gasteiger partial charge in [0.25, 0.3) is 0 Å². The maximum absolute atomic E-state index is 11.4. The molecule has 0 bridgehead atoms. The van der Waals surface area contributed by atoms with E-state index in [1.165, 1.54) is 16.8 Å². The van der Waals surface area contributed by atoms with E-state index >= 15 is 0 Å². The Labute approximate surface area is 191 Å². The van der Waals surface area contributed by atoms with Crippen LogP contribution < -0.4 is 9.64 Å². The monoisotopic (exact) mass is 456 g/mol. The van der Waals surface area contributed by atoms with E-state index in [0.717, 1.165) is 25.2 Å². The predicted molar refractivity (Wildman–Crippen MR) is 118 cm³/mol. The van der Waals surface area contributed by atoms with Crippen molar-refractivity contribution in [3.05, 3.63) is 59.2 Å². The average molecular weight is 456 g/mol. The fourth-order valence-corrected chi connectivity index (χ4v) is 5.04. The number of carboxylic acids is 1. The van der Waals surface area contributed by atoms with Gasteiger partial charge in [0, 0.05) is 25.3 Å². The van der Waals surface area contributed by atoms with Crippen molar-refractivity contribution in [2.24, 2.45) is 0 Å². The van der Waals surface area contributed by atoms with Gasteiger partial charge in [-0.15, -0.1) is 0 Å². The maximum atomic E-state index is 11.4. The minimum absolute atomic E-state index is 0.182. The van der Waals surface area contributed by atoms with Crippen LogP contribution >= 0.6 is 0 Å². The van der Waals surface area contributed by atoms with Crippen molar-refractivity contribution < 1.29 is 34.7 Å². The van der Waals surface area contributed by atoms with Crippen LogP contribution in [0.2, 0.25) is 0 Å². The van der Waals surface area contributed by atoms with Crippen LogP contribution in [0.3, 0.4) is 0 Å². The van der Waals surface area contributed by atoms with Crippen molar-refractivity contribution >= 4 is 11.7 Å². The van der Waals surface area contributed by atoms with Gasteiger partial charge in [0.1, 0.15) is 24.1 Å². The van der Waals surface area contributed by atoms with E-state index < -0.39 is 36.7 Å². The molecule has 3 aliphatic heterocycles. The van der Waals surface area contributed by atoms with Crippen LogP contribution in [0.1, 0.15) is 22.7 Å². The number of nitrogens with zero attached hydrogens (tertiary/aromatic N) is 2. The molecule has 4 N–H and O–H groups in total. The Bertz CT molecular complexity index is 1050. The highest BCUT2D eigenvalue weighted by Crippen LogP contribution is 2.40. The molecule has 2 saturated heterocycles. The lowest BCUT2D eigenvalue weighted by Crippen LogP contribution is -2.61. The molecular formula is C24H28N2O7. The van der Waals surface area contributed by atoms with E-state index in [-0.39, 0.29) is 6.04 Å². The van der Waals surface area contributed by atoms with E-state index in [4.69, 9.17) is 9.47 Å². The van der Waals surface area contributed by atoms with Crippen LogP contribution in [-0.4, -0.2) is 88.7 Å². The van der Waals surface area contributed by atoms with Gasteiger partial charge in [0.05, 0.1) is 6.04 Å². The van der Waals surface area contributed by atoms with Gasteiger partial charge < -0.3 is 39.7 Å². The summed E-state index contributed by atoms with van der Waals surface area (Å²) in [6, 6.07) is 14.2. The van der Waals surface area contributed by atoms with E-state index in [1.54, 1.807) is 6.07 Å². The number of fused-ring (bicyclic) bond motifs is 5. The highest BCUT2D eigenvalue weighted by atomic mass is 16.7. The average Bonchev–Trinajstić information content (AvgIpc) is 2.93. The highest BCUT2D eigenvalue weighted by molar-refractivity contribution is 5.73. The van der Waals surface area contributed by atoms with Crippen molar-refractivity contribution in [1.82, 2.24) is 4.90 Å². The topological polar surface area (TPSA) is 123 Å². The summed E-state index contributed by atoms with van der Waals surface area (Å²) >= 11 is 0. The van der Waals surface area contributed by atoms with Crippen LogP contribution in [-0.2, 0) is 16.0 Å². The molecule has 3 heterocycles. The molecular weight excluding hydrogens is 428 g/mol. The second-order valence-electron chi connectivity index (χ2n) is 8.99. The maximum Gasteiger partial charge on any atom is 0.335 e. The first-order valence-electron chi connectivity index (χ1n) is 11.1. The molecule has 0 saturated carbocycles. The number of ether oxygens (including phenoxy) is 2. The summed E-state index contributed by atoms with van der Waals surface area (Å²) in [7, 11) is 2.12. The van der Waals surface area contributed by atoms with Gasteiger partial charge in [0.15, 0.2) is 6.10 Å². The molecule has 9 heteroatoms. The molecule has 9 nitrogen and oxygen atoms in total. The normalized spacial score (nSPS) is 31.7. The molecule has 176 valence electrons. The number of likely N-dealkylation sites (N-methyl/N-ethyl adjacent to an activating group) is 1. The quantitative estimate of drug-likeness (QED) is 0.518. The number of anilines is 1. The Morgan fingerprint density at radius 1 is 1.03 bits per heavy atom. The smallest absolute Gasteiger partial charge is 0.335 e. The number of benzene rings is 2. The van der Waals surface area contributed by atoms with Crippen LogP contribution in [0, 0.1) is 0 Å². The fraction of sp³-hybridized carbons (Fsp3) is 0.458. The van der Waals surface area contributed by atoms with Gasteiger partial charge in [0.2, 0.25) is 6.29 Å². The molecule has 2 fully saturated rings. The first-order valence-corrected chi connectivity index (χ1v) is 11.1. The van der Waals surface area contributed by atoms with Gasteiger partial charge in [-0.3, -0.25) is 0 Å². The molecule has 6 atom stereocenters. The van der Waals surface area contributed by atoms with Crippen LogP contribution in [0.5, 0.6) is 5.75 Å². The lowest BCUT2D eigenvalue weighted by Gasteiger charge is -2.42. The number of piperazine rings is 1. The molecule has 0 spiro atoms. The van der Waals surface area contributed by atoms with Crippen molar-refractivity contribution in [3.8, 4) is 5.75 Å². The summed E-state index contributed by atoms with van der Waals surface area (Å²) < 4.78 is 11.1. The van der Waals surface area contributed by atoms with E-state index in [0.29, 0.717) is 12.2 Å². The number of carboxylic acid groups (broad SMARTS) is 1. The summed E-state index contributed by atoms with van der Waals surface area (Å²) in [5.74, 6) is -1.05. The Morgan fingerprint density at radius 2 is 1.82 bits per heavy atom. The number of hydrogen-bond donors (Lipinski definition) is 4. The third-order valence-corrected chi connectivity index (χ3v) is 6.80.